The lowest BCUT2D eigenvalue weighted by molar-refractivity contribution is 0.388. The van der Waals surface area contributed by atoms with Gasteiger partial charge in [-0.3, -0.25) is 0 Å². The fraction of sp³-hybridized carbons (Fsp3) is 0.538. The Bertz CT molecular complexity index is 301. The van der Waals surface area contributed by atoms with Gasteiger partial charge in [-0.15, -0.1) is 0 Å². The Morgan fingerprint density at radius 2 is 1.93 bits per heavy atom. The lowest BCUT2D eigenvalue weighted by atomic mass is 9.91. The maximum absolute atomic E-state index is 5.67. The van der Waals surface area contributed by atoms with Crippen molar-refractivity contribution in [3.8, 4) is 0 Å². The molecule has 0 spiro atoms. The first kappa shape index (κ1) is 10.5. The number of hydrogen-bond acceptors (Lipinski definition) is 2. The Balaban J connectivity index is 2.12. The SMILES string of the molecule is Cc1ccc(N(CCN)C2CCC2)cc1. The molecule has 0 amide bonds. The molecular formula is C13H20N2. The van der Waals surface area contributed by atoms with Gasteiger partial charge in [0.25, 0.3) is 0 Å². The predicted molar refractivity (Wildman–Crippen MR) is 65.2 cm³/mol. The molecule has 82 valence electrons. The fourth-order valence-electron chi connectivity index (χ4n) is 2.10. The van der Waals surface area contributed by atoms with Crippen molar-refractivity contribution in [2.75, 3.05) is 18.0 Å². The van der Waals surface area contributed by atoms with Crippen LogP contribution < -0.4 is 10.6 Å². The predicted octanol–water partition coefficient (Wildman–Crippen LogP) is 2.31. The molecule has 1 saturated carbocycles. The van der Waals surface area contributed by atoms with E-state index in [1.807, 2.05) is 0 Å². The minimum Gasteiger partial charge on any atom is -0.367 e. The van der Waals surface area contributed by atoms with E-state index < -0.39 is 0 Å². The summed E-state index contributed by atoms with van der Waals surface area (Å²) >= 11 is 0. The Labute approximate surface area is 92.1 Å². The summed E-state index contributed by atoms with van der Waals surface area (Å²) in [5.41, 5.74) is 8.32. The second-order valence-electron chi connectivity index (χ2n) is 4.40. The van der Waals surface area contributed by atoms with E-state index in [9.17, 15) is 0 Å². The van der Waals surface area contributed by atoms with Crippen LogP contribution in [0.5, 0.6) is 0 Å². The second kappa shape index (κ2) is 4.67. The molecule has 0 radical (unpaired) electrons. The highest BCUT2D eigenvalue weighted by Gasteiger charge is 2.24. The van der Waals surface area contributed by atoms with Crippen molar-refractivity contribution in [1.29, 1.82) is 0 Å². The summed E-state index contributed by atoms with van der Waals surface area (Å²) < 4.78 is 0. The Kier molecular flexibility index (Phi) is 3.27. The summed E-state index contributed by atoms with van der Waals surface area (Å²) in [5.74, 6) is 0. The monoisotopic (exact) mass is 204 g/mol. The number of hydrogen-bond donors (Lipinski definition) is 1. The van der Waals surface area contributed by atoms with Gasteiger partial charge in [0.2, 0.25) is 0 Å². The van der Waals surface area contributed by atoms with Gasteiger partial charge >= 0.3 is 0 Å². The van der Waals surface area contributed by atoms with E-state index in [1.165, 1.54) is 30.5 Å². The van der Waals surface area contributed by atoms with Crippen molar-refractivity contribution >= 4 is 5.69 Å². The molecule has 0 unspecified atom stereocenters. The summed E-state index contributed by atoms with van der Waals surface area (Å²) in [6.45, 7) is 3.85. The molecule has 1 aliphatic rings. The molecule has 15 heavy (non-hydrogen) atoms. The van der Waals surface area contributed by atoms with Gasteiger partial charge in [-0.05, 0) is 38.3 Å². The van der Waals surface area contributed by atoms with Gasteiger partial charge in [0.05, 0.1) is 0 Å². The molecule has 0 atom stereocenters. The molecule has 0 saturated heterocycles. The summed E-state index contributed by atoms with van der Waals surface area (Å²) in [7, 11) is 0. The average molecular weight is 204 g/mol. The van der Waals surface area contributed by atoms with Crippen LogP contribution >= 0.6 is 0 Å². The first-order valence-electron chi connectivity index (χ1n) is 5.84. The van der Waals surface area contributed by atoms with Crippen LogP contribution in [-0.4, -0.2) is 19.1 Å². The Morgan fingerprint density at radius 1 is 1.27 bits per heavy atom. The standard InChI is InChI=1S/C13H20N2/c1-11-5-7-13(8-6-11)15(10-9-14)12-3-2-4-12/h5-8,12H,2-4,9-10,14H2,1H3. The number of rotatable bonds is 4. The highest BCUT2D eigenvalue weighted by molar-refractivity contribution is 5.49. The third kappa shape index (κ3) is 2.32. The number of nitrogens with zero attached hydrogens (tertiary/aromatic N) is 1. The fourth-order valence-corrected chi connectivity index (χ4v) is 2.10. The third-order valence-electron chi connectivity index (χ3n) is 3.25. The van der Waals surface area contributed by atoms with Crippen LogP contribution in [-0.2, 0) is 0 Å². The first-order chi connectivity index (χ1) is 7.31. The van der Waals surface area contributed by atoms with Crippen LogP contribution in [0.15, 0.2) is 24.3 Å². The Morgan fingerprint density at radius 3 is 2.40 bits per heavy atom. The zero-order valence-electron chi connectivity index (χ0n) is 9.45. The molecule has 0 aliphatic heterocycles. The molecule has 1 aliphatic carbocycles. The normalized spacial score (nSPS) is 16.1. The van der Waals surface area contributed by atoms with Crippen molar-refractivity contribution in [2.24, 2.45) is 5.73 Å². The van der Waals surface area contributed by atoms with E-state index in [0.29, 0.717) is 0 Å². The first-order valence-corrected chi connectivity index (χ1v) is 5.84. The summed E-state index contributed by atoms with van der Waals surface area (Å²) in [5, 5.41) is 0. The molecule has 0 heterocycles. The van der Waals surface area contributed by atoms with Crippen molar-refractivity contribution < 1.29 is 0 Å². The largest absolute Gasteiger partial charge is 0.367 e. The van der Waals surface area contributed by atoms with Crippen molar-refractivity contribution in [1.82, 2.24) is 0 Å². The summed E-state index contributed by atoms with van der Waals surface area (Å²) in [4.78, 5) is 2.46. The van der Waals surface area contributed by atoms with Crippen LogP contribution in [0.25, 0.3) is 0 Å². The topological polar surface area (TPSA) is 29.3 Å². The maximum atomic E-state index is 5.67. The summed E-state index contributed by atoms with van der Waals surface area (Å²) in [6.07, 6.45) is 4.03. The Hall–Kier alpha value is -1.02. The minimum absolute atomic E-state index is 0.733. The van der Waals surface area contributed by atoms with Crippen LogP contribution in [0.2, 0.25) is 0 Å². The smallest absolute Gasteiger partial charge is 0.0369 e. The maximum Gasteiger partial charge on any atom is 0.0369 e. The molecule has 0 bridgehead atoms. The van der Waals surface area contributed by atoms with E-state index >= 15 is 0 Å². The van der Waals surface area contributed by atoms with E-state index in [2.05, 4.69) is 36.1 Å². The van der Waals surface area contributed by atoms with Gasteiger partial charge < -0.3 is 10.6 Å². The van der Waals surface area contributed by atoms with Gasteiger partial charge in [0, 0.05) is 24.8 Å². The lowest BCUT2D eigenvalue weighted by Crippen LogP contribution is -2.43. The lowest BCUT2D eigenvalue weighted by Gasteiger charge is -2.39. The van der Waals surface area contributed by atoms with Gasteiger partial charge in [-0.25, -0.2) is 0 Å². The molecule has 1 aromatic carbocycles. The number of nitrogens with two attached hydrogens (primary N) is 1. The average Bonchev–Trinajstić information content (AvgIpc) is 2.16. The molecule has 2 nitrogen and oxygen atoms in total. The molecule has 1 aromatic rings. The van der Waals surface area contributed by atoms with Crippen molar-refractivity contribution in [3.05, 3.63) is 29.8 Å². The molecule has 1 fully saturated rings. The zero-order chi connectivity index (χ0) is 10.7. The highest BCUT2D eigenvalue weighted by atomic mass is 15.2. The number of benzene rings is 1. The molecule has 2 rings (SSSR count). The number of anilines is 1. The highest BCUT2D eigenvalue weighted by Crippen LogP contribution is 2.29. The minimum atomic E-state index is 0.733. The van der Waals surface area contributed by atoms with Crippen molar-refractivity contribution in [3.63, 3.8) is 0 Å². The van der Waals surface area contributed by atoms with Gasteiger partial charge in [0.15, 0.2) is 0 Å². The van der Waals surface area contributed by atoms with Crippen LogP contribution in [0.4, 0.5) is 5.69 Å². The van der Waals surface area contributed by atoms with E-state index in [0.717, 1.165) is 19.1 Å². The molecule has 2 N–H and O–H groups in total. The van der Waals surface area contributed by atoms with E-state index in [4.69, 9.17) is 5.73 Å². The third-order valence-corrected chi connectivity index (χ3v) is 3.25. The van der Waals surface area contributed by atoms with Crippen LogP contribution in [0.3, 0.4) is 0 Å². The van der Waals surface area contributed by atoms with Crippen LogP contribution in [0, 0.1) is 6.92 Å². The zero-order valence-corrected chi connectivity index (χ0v) is 9.45. The summed E-state index contributed by atoms with van der Waals surface area (Å²) in [6, 6.07) is 9.51. The number of aryl methyl sites for hydroxylation is 1. The molecular weight excluding hydrogens is 184 g/mol. The quantitative estimate of drug-likeness (QED) is 0.815. The van der Waals surface area contributed by atoms with Gasteiger partial charge in [-0.2, -0.15) is 0 Å². The van der Waals surface area contributed by atoms with E-state index in [1.54, 1.807) is 0 Å². The van der Waals surface area contributed by atoms with Crippen molar-refractivity contribution in [2.45, 2.75) is 32.2 Å². The van der Waals surface area contributed by atoms with Gasteiger partial charge in [0.1, 0.15) is 0 Å². The molecule has 2 heteroatoms. The molecule has 0 aromatic heterocycles. The van der Waals surface area contributed by atoms with Gasteiger partial charge in [-0.1, -0.05) is 17.7 Å². The van der Waals surface area contributed by atoms with Crippen LogP contribution in [0.1, 0.15) is 24.8 Å². The second-order valence-corrected chi connectivity index (χ2v) is 4.40. The van der Waals surface area contributed by atoms with E-state index in [-0.39, 0.29) is 0 Å².